The van der Waals surface area contributed by atoms with Gasteiger partial charge in [-0.1, -0.05) is 12.1 Å². The predicted octanol–water partition coefficient (Wildman–Crippen LogP) is 3.34. The molecule has 0 amide bonds. The predicted molar refractivity (Wildman–Crippen MR) is 49.7 cm³/mol. The number of thiophene rings is 1. The van der Waals surface area contributed by atoms with Gasteiger partial charge in [0.05, 0.1) is 0 Å². The van der Waals surface area contributed by atoms with E-state index >= 15 is 0 Å². The maximum absolute atomic E-state index is 5.52. The Hall–Kier alpha value is -1.28. The fraction of sp³-hybridized carbons (Fsp3) is 0. The van der Waals surface area contributed by atoms with Crippen molar-refractivity contribution in [2.24, 2.45) is 0 Å². The van der Waals surface area contributed by atoms with Gasteiger partial charge in [0.15, 0.2) is 5.06 Å². The average molecular weight is 175 g/mol. The number of hydrogen-bond donors (Lipinski definition) is 0. The summed E-state index contributed by atoms with van der Waals surface area (Å²) >= 11 is 1.59. The summed E-state index contributed by atoms with van der Waals surface area (Å²) in [7, 11) is 0. The van der Waals surface area contributed by atoms with Crippen molar-refractivity contribution >= 4 is 11.3 Å². The van der Waals surface area contributed by atoms with Crippen molar-refractivity contribution in [1.29, 1.82) is 0 Å². The first kappa shape index (κ1) is 7.37. The van der Waals surface area contributed by atoms with Gasteiger partial charge >= 0.3 is 0 Å². The van der Waals surface area contributed by atoms with Crippen LogP contribution in [-0.4, -0.2) is 0 Å². The highest BCUT2D eigenvalue weighted by Gasteiger charge is 1.94. The monoisotopic (exact) mass is 175 g/mol. The van der Waals surface area contributed by atoms with Crippen LogP contribution < -0.4 is 4.74 Å². The highest BCUT2D eigenvalue weighted by molar-refractivity contribution is 7.11. The van der Waals surface area contributed by atoms with E-state index in [0.717, 1.165) is 10.8 Å². The summed E-state index contributed by atoms with van der Waals surface area (Å²) in [4.78, 5) is 0. The molecule has 1 heterocycles. The molecule has 59 valence electrons. The SMILES string of the molecule is [c]1ccc(Oc2cccs2)cc1. The molecule has 12 heavy (non-hydrogen) atoms. The summed E-state index contributed by atoms with van der Waals surface area (Å²) in [5.74, 6) is 0.858. The molecule has 2 rings (SSSR count). The standard InChI is InChI=1S/C10H7OS/c1-2-5-9(6-3-1)11-10-7-4-8-12-10/h2-8H. The van der Waals surface area contributed by atoms with Crippen LogP contribution in [-0.2, 0) is 0 Å². The van der Waals surface area contributed by atoms with Crippen LogP contribution in [0, 0.1) is 6.07 Å². The van der Waals surface area contributed by atoms with Crippen molar-refractivity contribution in [3.63, 3.8) is 0 Å². The van der Waals surface area contributed by atoms with Crippen molar-refractivity contribution in [2.75, 3.05) is 0 Å². The minimum Gasteiger partial charge on any atom is -0.447 e. The first-order valence-corrected chi connectivity index (χ1v) is 4.50. The van der Waals surface area contributed by atoms with Gasteiger partial charge in [-0.3, -0.25) is 0 Å². The Balaban J connectivity index is 2.15. The van der Waals surface area contributed by atoms with Gasteiger partial charge in [0.25, 0.3) is 0 Å². The molecule has 1 aromatic heterocycles. The topological polar surface area (TPSA) is 9.23 Å². The van der Waals surface area contributed by atoms with E-state index in [4.69, 9.17) is 4.74 Å². The Kier molecular flexibility index (Phi) is 2.10. The molecule has 0 saturated carbocycles. The molecule has 1 radical (unpaired) electrons. The highest BCUT2D eigenvalue weighted by atomic mass is 32.1. The number of rotatable bonds is 2. The normalized spacial score (nSPS) is 9.67. The van der Waals surface area contributed by atoms with E-state index < -0.39 is 0 Å². The van der Waals surface area contributed by atoms with Crippen LogP contribution >= 0.6 is 11.3 Å². The van der Waals surface area contributed by atoms with E-state index in [9.17, 15) is 0 Å². The van der Waals surface area contributed by atoms with Crippen LogP contribution in [0.3, 0.4) is 0 Å². The zero-order chi connectivity index (χ0) is 8.23. The smallest absolute Gasteiger partial charge is 0.180 e. The second-order valence-corrected chi connectivity index (χ2v) is 3.18. The molecule has 0 aliphatic heterocycles. The van der Waals surface area contributed by atoms with Crippen LogP contribution in [0.2, 0.25) is 0 Å². The molecule has 2 heteroatoms. The molecule has 0 unspecified atom stereocenters. The van der Waals surface area contributed by atoms with Crippen molar-refractivity contribution in [2.45, 2.75) is 0 Å². The van der Waals surface area contributed by atoms with E-state index in [1.54, 1.807) is 11.3 Å². The van der Waals surface area contributed by atoms with Gasteiger partial charge in [-0.25, -0.2) is 0 Å². The van der Waals surface area contributed by atoms with E-state index in [0.29, 0.717) is 0 Å². The molecule has 0 bridgehead atoms. The van der Waals surface area contributed by atoms with Crippen LogP contribution in [0.5, 0.6) is 10.8 Å². The fourth-order valence-corrected chi connectivity index (χ4v) is 1.47. The summed E-state index contributed by atoms with van der Waals surface area (Å²) in [6.07, 6.45) is 0. The Morgan fingerprint density at radius 3 is 2.67 bits per heavy atom. The zero-order valence-electron chi connectivity index (χ0n) is 6.36. The van der Waals surface area contributed by atoms with Gasteiger partial charge in [0, 0.05) is 0 Å². The molecule has 0 saturated heterocycles. The lowest BCUT2D eigenvalue weighted by Crippen LogP contribution is -1.77. The summed E-state index contributed by atoms with van der Waals surface area (Å²) in [6, 6.07) is 14.3. The lowest BCUT2D eigenvalue weighted by molar-refractivity contribution is 0.496. The molecular weight excluding hydrogens is 168 g/mol. The second kappa shape index (κ2) is 3.41. The number of hydrogen-bond acceptors (Lipinski definition) is 2. The molecule has 0 aliphatic carbocycles. The lowest BCUT2D eigenvalue weighted by atomic mass is 10.3. The van der Waals surface area contributed by atoms with Crippen LogP contribution in [0.15, 0.2) is 41.8 Å². The van der Waals surface area contributed by atoms with E-state index in [-0.39, 0.29) is 0 Å². The zero-order valence-corrected chi connectivity index (χ0v) is 7.17. The summed E-state index contributed by atoms with van der Waals surface area (Å²) in [5, 5.41) is 2.91. The molecule has 0 spiro atoms. The molecular formula is C10H7OS. The third-order valence-electron chi connectivity index (χ3n) is 1.40. The average Bonchev–Trinajstić information content (AvgIpc) is 2.59. The Morgan fingerprint density at radius 2 is 2.00 bits per heavy atom. The maximum atomic E-state index is 5.52. The van der Waals surface area contributed by atoms with Gasteiger partial charge in [-0.2, -0.15) is 0 Å². The fourth-order valence-electron chi connectivity index (χ4n) is 0.877. The minimum atomic E-state index is 0.858. The van der Waals surface area contributed by atoms with E-state index in [1.165, 1.54) is 0 Å². The Labute approximate surface area is 75.2 Å². The molecule has 0 atom stereocenters. The Morgan fingerprint density at radius 1 is 1.17 bits per heavy atom. The third kappa shape index (κ3) is 1.66. The summed E-state index contributed by atoms with van der Waals surface area (Å²) in [6.45, 7) is 0. The van der Waals surface area contributed by atoms with E-state index in [1.807, 2.05) is 41.8 Å². The van der Waals surface area contributed by atoms with Crippen molar-refractivity contribution < 1.29 is 4.74 Å². The quantitative estimate of drug-likeness (QED) is 0.680. The van der Waals surface area contributed by atoms with Crippen molar-refractivity contribution in [3.05, 3.63) is 47.8 Å². The highest BCUT2D eigenvalue weighted by Crippen LogP contribution is 2.25. The molecule has 0 fully saturated rings. The minimum absolute atomic E-state index is 0.858. The molecule has 1 nitrogen and oxygen atoms in total. The second-order valence-electron chi connectivity index (χ2n) is 2.27. The van der Waals surface area contributed by atoms with Crippen LogP contribution in [0.1, 0.15) is 0 Å². The molecule has 2 aromatic rings. The molecule has 1 aromatic carbocycles. The van der Waals surface area contributed by atoms with Gasteiger partial charge in [-0.15, -0.1) is 11.3 Å². The summed E-state index contributed by atoms with van der Waals surface area (Å²) in [5.41, 5.74) is 0. The third-order valence-corrected chi connectivity index (χ3v) is 2.15. The number of benzene rings is 1. The lowest BCUT2D eigenvalue weighted by Gasteiger charge is -1.99. The van der Waals surface area contributed by atoms with E-state index in [2.05, 4.69) is 6.07 Å². The van der Waals surface area contributed by atoms with Crippen molar-refractivity contribution in [3.8, 4) is 10.8 Å². The first-order valence-electron chi connectivity index (χ1n) is 3.62. The van der Waals surface area contributed by atoms with Gasteiger partial charge < -0.3 is 4.74 Å². The largest absolute Gasteiger partial charge is 0.447 e. The first-order chi connectivity index (χ1) is 5.95. The Bertz CT molecular complexity index is 326. The van der Waals surface area contributed by atoms with Crippen LogP contribution in [0.25, 0.3) is 0 Å². The van der Waals surface area contributed by atoms with Crippen LogP contribution in [0.4, 0.5) is 0 Å². The molecule has 0 N–H and O–H groups in total. The molecule has 0 aliphatic rings. The number of ether oxygens (including phenoxy) is 1. The van der Waals surface area contributed by atoms with Gasteiger partial charge in [0.2, 0.25) is 0 Å². The summed E-state index contributed by atoms with van der Waals surface area (Å²) < 4.78 is 5.52. The van der Waals surface area contributed by atoms with Gasteiger partial charge in [-0.05, 0) is 35.7 Å². The van der Waals surface area contributed by atoms with Crippen molar-refractivity contribution in [1.82, 2.24) is 0 Å². The van der Waals surface area contributed by atoms with Gasteiger partial charge in [0.1, 0.15) is 5.75 Å². The maximum Gasteiger partial charge on any atom is 0.180 e.